The Morgan fingerprint density at radius 3 is 2.86 bits per heavy atom. The van der Waals surface area contributed by atoms with E-state index in [0.717, 1.165) is 12.2 Å². The highest BCUT2D eigenvalue weighted by Crippen LogP contribution is 2.28. The van der Waals surface area contributed by atoms with E-state index < -0.39 is 0 Å². The first kappa shape index (κ1) is 13.5. The number of nitrogens with one attached hydrogen (secondary N) is 1. The van der Waals surface area contributed by atoms with E-state index in [-0.39, 0.29) is 12.1 Å². The average molecular weight is 285 g/mol. The van der Waals surface area contributed by atoms with E-state index in [0.29, 0.717) is 18.0 Å². The van der Waals surface area contributed by atoms with Gasteiger partial charge in [-0.15, -0.1) is 0 Å². The van der Waals surface area contributed by atoms with Crippen molar-refractivity contribution in [2.24, 2.45) is 0 Å². The predicted molar refractivity (Wildman–Crippen MR) is 81.6 cm³/mol. The molecule has 2 amide bonds. The maximum absolute atomic E-state index is 12.5. The topological polar surface area (TPSA) is 46.5 Å². The number of nitrogens with zero attached hydrogens (tertiary/aromatic N) is 2. The van der Waals surface area contributed by atoms with E-state index >= 15 is 0 Å². The van der Waals surface area contributed by atoms with Crippen LogP contribution in [0.1, 0.15) is 18.7 Å². The monoisotopic (exact) mass is 285 g/mol. The molecule has 0 spiro atoms. The largest absolute Gasteiger partial charge is 0.495 e. The summed E-state index contributed by atoms with van der Waals surface area (Å²) in [5, 5.41) is 2.94. The number of aromatic nitrogens is 1. The molecular formula is C16H19N3O2. The van der Waals surface area contributed by atoms with Crippen molar-refractivity contribution in [3.8, 4) is 5.75 Å². The number of hydrogen-bond acceptors (Lipinski definition) is 2. The van der Waals surface area contributed by atoms with Crippen LogP contribution in [-0.2, 0) is 6.54 Å². The summed E-state index contributed by atoms with van der Waals surface area (Å²) < 4.78 is 7.46. The third kappa shape index (κ3) is 2.46. The molecule has 110 valence electrons. The Kier molecular flexibility index (Phi) is 3.56. The lowest BCUT2D eigenvalue weighted by Crippen LogP contribution is -2.43. The van der Waals surface area contributed by atoms with Gasteiger partial charge in [0.2, 0.25) is 0 Å². The summed E-state index contributed by atoms with van der Waals surface area (Å²) in [6.45, 7) is 3.57. The summed E-state index contributed by atoms with van der Waals surface area (Å²) in [6.07, 6.45) is 2.06. The summed E-state index contributed by atoms with van der Waals surface area (Å²) in [6, 6.07) is 11.5. The van der Waals surface area contributed by atoms with Crippen LogP contribution in [0.15, 0.2) is 42.6 Å². The van der Waals surface area contributed by atoms with Gasteiger partial charge < -0.3 is 19.5 Å². The molecule has 2 aromatic rings. The van der Waals surface area contributed by atoms with Crippen LogP contribution in [0.3, 0.4) is 0 Å². The number of para-hydroxylation sites is 2. The number of methoxy groups -OCH3 is 1. The Balaban J connectivity index is 1.77. The van der Waals surface area contributed by atoms with Crippen molar-refractivity contribution in [2.75, 3.05) is 19.0 Å². The standard InChI is InChI=1S/C16H19N3O2/c1-12-14-7-5-9-18(14)10-11-19(12)16(20)17-13-6-3-4-8-15(13)21-2/h3-9,12H,10-11H2,1-2H3,(H,17,20)/t12-/m1/s1. The zero-order valence-electron chi connectivity index (χ0n) is 12.2. The molecule has 0 saturated heterocycles. The summed E-state index contributed by atoms with van der Waals surface area (Å²) in [4.78, 5) is 14.4. The molecule has 1 aromatic carbocycles. The van der Waals surface area contributed by atoms with E-state index in [4.69, 9.17) is 4.74 Å². The van der Waals surface area contributed by atoms with Crippen molar-refractivity contribution in [1.29, 1.82) is 0 Å². The second-order valence-corrected chi connectivity index (χ2v) is 5.13. The predicted octanol–water partition coefficient (Wildman–Crippen LogP) is 3.11. The van der Waals surface area contributed by atoms with Gasteiger partial charge in [-0.05, 0) is 31.2 Å². The van der Waals surface area contributed by atoms with E-state index in [1.807, 2.05) is 42.2 Å². The molecule has 5 heteroatoms. The lowest BCUT2D eigenvalue weighted by atomic mass is 10.1. The van der Waals surface area contributed by atoms with Crippen LogP contribution >= 0.6 is 0 Å². The molecule has 0 unspecified atom stereocenters. The van der Waals surface area contributed by atoms with Crippen LogP contribution in [0, 0.1) is 0 Å². The van der Waals surface area contributed by atoms with Crippen LogP contribution < -0.4 is 10.1 Å². The average Bonchev–Trinajstić information content (AvgIpc) is 2.97. The highest BCUT2D eigenvalue weighted by molar-refractivity contribution is 5.91. The minimum atomic E-state index is -0.0977. The zero-order chi connectivity index (χ0) is 14.8. The molecule has 1 aliphatic heterocycles. The summed E-state index contributed by atoms with van der Waals surface area (Å²) >= 11 is 0. The van der Waals surface area contributed by atoms with Gasteiger partial charge in [0.05, 0.1) is 18.8 Å². The number of rotatable bonds is 2. The molecule has 0 radical (unpaired) electrons. The minimum absolute atomic E-state index is 0.0588. The molecule has 1 atom stereocenters. The van der Waals surface area contributed by atoms with Crippen molar-refractivity contribution in [3.05, 3.63) is 48.3 Å². The van der Waals surface area contributed by atoms with Crippen LogP contribution in [0.2, 0.25) is 0 Å². The van der Waals surface area contributed by atoms with Gasteiger partial charge in [-0.2, -0.15) is 0 Å². The van der Waals surface area contributed by atoms with E-state index in [2.05, 4.69) is 22.1 Å². The van der Waals surface area contributed by atoms with Gasteiger partial charge in [0.15, 0.2) is 0 Å². The number of urea groups is 1. The van der Waals surface area contributed by atoms with E-state index in [1.54, 1.807) is 7.11 Å². The lowest BCUT2D eigenvalue weighted by molar-refractivity contribution is 0.175. The van der Waals surface area contributed by atoms with E-state index in [9.17, 15) is 4.79 Å². The van der Waals surface area contributed by atoms with Crippen molar-refractivity contribution in [2.45, 2.75) is 19.5 Å². The Morgan fingerprint density at radius 1 is 1.24 bits per heavy atom. The number of fused-ring (bicyclic) bond motifs is 1. The molecule has 0 bridgehead atoms. The molecule has 0 saturated carbocycles. The smallest absolute Gasteiger partial charge is 0.322 e. The highest BCUT2D eigenvalue weighted by Gasteiger charge is 2.27. The van der Waals surface area contributed by atoms with Gasteiger partial charge in [0.1, 0.15) is 5.75 Å². The Bertz CT molecular complexity index is 650. The zero-order valence-corrected chi connectivity index (χ0v) is 12.2. The van der Waals surface area contributed by atoms with Crippen molar-refractivity contribution in [1.82, 2.24) is 9.47 Å². The number of carbonyl (C=O) groups is 1. The third-order valence-electron chi connectivity index (χ3n) is 3.95. The Labute approximate surface area is 124 Å². The van der Waals surface area contributed by atoms with Crippen LogP contribution in [0.5, 0.6) is 5.75 Å². The number of carbonyl (C=O) groups excluding carboxylic acids is 1. The molecule has 3 rings (SSSR count). The maximum Gasteiger partial charge on any atom is 0.322 e. The van der Waals surface area contributed by atoms with Gasteiger partial charge in [0, 0.05) is 25.0 Å². The second-order valence-electron chi connectivity index (χ2n) is 5.13. The fourth-order valence-electron chi connectivity index (χ4n) is 2.79. The van der Waals surface area contributed by atoms with Gasteiger partial charge in [-0.25, -0.2) is 4.79 Å². The third-order valence-corrected chi connectivity index (χ3v) is 3.95. The molecular weight excluding hydrogens is 266 g/mol. The number of ether oxygens (including phenoxy) is 1. The Hall–Kier alpha value is -2.43. The van der Waals surface area contributed by atoms with Crippen molar-refractivity contribution in [3.63, 3.8) is 0 Å². The van der Waals surface area contributed by atoms with Gasteiger partial charge in [-0.1, -0.05) is 12.1 Å². The van der Waals surface area contributed by atoms with Crippen LogP contribution in [-0.4, -0.2) is 29.2 Å². The highest BCUT2D eigenvalue weighted by atomic mass is 16.5. The molecule has 0 aliphatic carbocycles. The SMILES string of the molecule is COc1ccccc1NC(=O)N1CCn2cccc2[C@H]1C. The summed E-state index contributed by atoms with van der Waals surface area (Å²) in [5.41, 5.74) is 1.86. The second kappa shape index (κ2) is 5.52. The first-order valence-electron chi connectivity index (χ1n) is 7.06. The number of hydrogen-bond donors (Lipinski definition) is 1. The first-order chi connectivity index (χ1) is 10.2. The fourth-order valence-corrected chi connectivity index (χ4v) is 2.79. The molecule has 1 N–H and O–H groups in total. The minimum Gasteiger partial charge on any atom is -0.495 e. The molecule has 0 fully saturated rings. The van der Waals surface area contributed by atoms with Gasteiger partial charge in [-0.3, -0.25) is 0 Å². The van der Waals surface area contributed by atoms with Crippen molar-refractivity contribution < 1.29 is 9.53 Å². The summed E-state index contributed by atoms with van der Waals surface area (Å²) in [5.74, 6) is 0.666. The molecule has 21 heavy (non-hydrogen) atoms. The van der Waals surface area contributed by atoms with Crippen LogP contribution in [0.4, 0.5) is 10.5 Å². The van der Waals surface area contributed by atoms with E-state index in [1.165, 1.54) is 0 Å². The Morgan fingerprint density at radius 2 is 2.05 bits per heavy atom. The first-order valence-corrected chi connectivity index (χ1v) is 7.06. The molecule has 1 aromatic heterocycles. The normalized spacial score (nSPS) is 17.2. The molecule has 2 heterocycles. The lowest BCUT2D eigenvalue weighted by Gasteiger charge is -2.35. The molecule has 1 aliphatic rings. The molecule has 5 nitrogen and oxygen atoms in total. The van der Waals surface area contributed by atoms with Gasteiger partial charge >= 0.3 is 6.03 Å². The van der Waals surface area contributed by atoms with Gasteiger partial charge in [0.25, 0.3) is 0 Å². The van der Waals surface area contributed by atoms with Crippen LogP contribution in [0.25, 0.3) is 0 Å². The fraction of sp³-hybridized carbons (Fsp3) is 0.312. The summed E-state index contributed by atoms with van der Waals surface area (Å²) in [7, 11) is 1.60. The number of benzene rings is 1. The number of amides is 2. The number of anilines is 1. The quantitative estimate of drug-likeness (QED) is 0.921. The van der Waals surface area contributed by atoms with Crippen molar-refractivity contribution >= 4 is 11.7 Å². The maximum atomic E-state index is 12.5.